The molecule has 4 amide bonds. The van der Waals surface area contributed by atoms with Gasteiger partial charge in [0, 0.05) is 25.3 Å². The maximum atomic E-state index is 12.8. The number of hydrogen-bond donors (Lipinski definition) is 2. The van der Waals surface area contributed by atoms with Crippen LogP contribution in [0.4, 0.5) is 15.3 Å². The lowest BCUT2D eigenvalue weighted by molar-refractivity contribution is -0.137. The Morgan fingerprint density at radius 1 is 1.07 bits per heavy atom. The van der Waals surface area contributed by atoms with Gasteiger partial charge in [0.1, 0.15) is 18.8 Å². The number of anilines is 1. The number of aryl methyl sites for hydroxylation is 1. The average Bonchev–Trinajstić information content (AvgIpc) is 2.97. The molecular weight excluding hydrogens is 538 g/mol. The van der Waals surface area contributed by atoms with Gasteiger partial charge in [0.2, 0.25) is 12.3 Å². The van der Waals surface area contributed by atoms with Gasteiger partial charge in [-0.2, -0.15) is 5.26 Å². The number of ether oxygens (including phenoxy) is 2. The van der Waals surface area contributed by atoms with Gasteiger partial charge in [0.05, 0.1) is 17.2 Å². The van der Waals surface area contributed by atoms with Crippen molar-refractivity contribution in [3.63, 3.8) is 0 Å². The monoisotopic (exact) mass is 577 g/mol. The van der Waals surface area contributed by atoms with Gasteiger partial charge in [0.15, 0.2) is 0 Å². The average molecular weight is 578 g/mol. The Morgan fingerprint density at radius 2 is 1.74 bits per heavy atom. The van der Waals surface area contributed by atoms with Crippen LogP contribution in [0.15, 0.2) is 48.5 Å². The van der Waals surface area contributed by atoms with Crippen LogP contribution in [0, 0.1) is 11.3 Å². The lowest BCUT2D eigenvalue weighted by atomic mass is 9.86. The molecule has 11 nitrogen and oxygen atoms in total. The van der Waals surface area contributed by atoms with E-state index in [-0.39, 0.29) is 38.7 Å². The number of alkyl carbamates (subject to hydrolysis) is 1. The maximum absolute atomic E-state index is 12.8. The molecule has 0 atom stereocenters. The van der Waals surface area contributed by atoms with Gasteiger partial charge in [-0.15, -0.1) is 0 Å². The van der Waals surface area contributed by atoms with Crippen molar-refractivity contribution in [2.75, 3.05) is 31.6 Å². The first-order valence-corrected chi connectivity index (χ1v) is 14.0. The smallest absolute Gasteiger partial charge is 0.411 e. The maximum Gasteiger partial charge on any atom is 0.411 e. The lowest BCUT2D eigenvalue weighted by Gasteiger charge is -2.47. The van der Waals surface area contributed by atoms with Crippen LogP contribution in [-0.4, -0.2) is 71.7 Å². The van der Waals surface area contributed by atoms with Gasteiger partial charge in [-0.1, -0.05) is 37.3 Å². The Hall–Kier alpha value is -4.59. The summed E-state index contributed by atoms with van der Waals surface area (Å²) in [7, 11) is 0. The van der Waals surface area contributed by atoms with E-state index in [4.69, 9.17) is 9.47 Å². The fraction of sp³-hybridized carbons (Fsp3) is 0.452. The molecule has 0 bridgehead atoms. The quantitative estimate of drug-likeness (QED) is 0.403. The molecule has 2 aromatic rings. The number of amides is 4. The summed E-state index contributed by atoms with van der Waals surface area (Å²) in [6, 6.07) is 16.6. The van der Waals surface area contributed by atoms with Crippen molar-refractivity contribution in [2.45, 2.75) is 64.6 Å². The molecule has 2 aromatic carbocycles. The molecule has 0 radical (unpaired) electrons. The van der Waals surface area contributed by atoms with Crippen molar-refractivity contribution in [3.05, 3.63) is 65.2 Å². The van der Waals surface area contributed by atoms with Crippen molar-refractivity contribution in [1.29, 1.82) is 5.26 Å². The molecule has 1 heterocycles. The number of hydrogen-bond acceptors (Lipinski definition) is 7. The summed E-state index contributed by atoms with van der Waals surface area (Å²) < 4.78 is 10.8. The Labute approximate surface area is 246 Å². The van der Waals surface area contributed by atoms with E-state index in [0.29, 0.717) is 36.1 Å². The van der Waals surface area contributed by atoms with Gasteiger partial charge >= 0.3 is 12.2 Å². The van der Waals surface area contributed by atoms with Crippen LogP contribution in [-0.2, 0) is 32.0 Å². The minimum absolute atomic E-state index is 0.114. The fourth-order valence-electron chi connectivity index (χ4n) is 4.71. The molecular formula is C31H39N5O6. The topological polar surface area (TPSA) is 141 Å². The third kappa shape index (κ3) is 8.96. The number of benzene rings is 2. The Kier molecular flexibility index (Phi) is 10.9. The van der Waals surface area contributed by atoms with Crippen LogP contribution in [0.1, 0.15) is 57.2 Å². The van der Waals surface area contributed by atoms with Crippen LogP contribution < -0.4 is 10.6 Å². The minimum Gasteiger partial charge on any atom is -0.447 e. The highest BCUT2D eigenvalue weighted by Gasteiger charge is 2.42. The molecule has 3 rings (SSSR count). The second kappa shape index (κ2) is 14.3. The predicted octanol–water partition coefficient (Wildman–Crippen LogP) is 4.21. The van der Waals surface area contributed by atoms with Gasteiger partial charge in [0.25, 0.3) is 0 Å². The SMILES string of the molecule is CCc1ccc(NC(=O)OCC2(N(C=O)Cc3ccccc3C#N)CCN(C(=O)CNC(=O)OC(C)(C)C)CC2)cc1. The molecule has 0 spiro atoms. The lowest BCUT2D eigenvalue weighted by Crippen LogP contribution is -2.59. The normalized spacial score (nSPS) is 14.2. The van der Waals surface area contributed by atoms with E-state index in [1.807, 2.05) is 19.1 Å². The summed E-state index contributed by atoms with van der Waals surface area (Å²) in [5, 5.41) is 14.8. The first kappa shape index (κ1) is 31.9. The van der Waals surface area contributed by atoms with E-state index in [1.54, 1.807) is 67.0 Å². The first-order chi connectivity index (χ1) is 20.0. The largest absolute Gasteiger partial charge is 0.447 e. The van der Waals surface area contributed by atoms with Crippen molar-refractivity contribution < 1.29 is 28.7 Å². The fourth-order valence-corrected chi connectivity index (χ4v) is 4.71. The number of likely N-dealkylation sites (tertiary alicyclic amines) is 1. The third-order valence-electron chi connectivity index (χ3n) is 7.13. The summed E-state index contributed by atoms with van der Waals surface area (Å²) in [5.74, 6) is -0.295. The number of nitriles is 1. The first-order valence-electron chi connectivity index (χ1n) is 14.0. The highest BCUT2D eigenvalue weighted by Crippen LogP contribution is 2.31. The molecule has 1 aliphatic heterocycles. The van der Waals surface area contributed by atoms with Crippen LogP contribution in [0.2, 0.25) is 0 Å². The van der Waals surface area contributed by atoms with Crippen molar-refractivity contribution >= 4 is 30.2 Å². The van der Waals surface area contributed by atoms with Gasteiger partial charge in [-0.05, 0) is 69.4 Å². The zero-order chi connectivity index (χ0) is 30.8. The number of nitrogens with one attached hydrogen (secondary N) is 2. The van der Waals surface area contributed by atoms with Crippen molar-refractivity contribution in [1.82, 2.24) is 15.1 Å². The van der Waals surface area contributed by atoms with Gasteiger partial charge in [-0.3, -0.25) is 14.9 Å². The number of carbonyl (C=O) groups excluding carboxylic acids is 4. The zero-order valence-electron chi connectivity index (χ0n) is 24.6. The number of carbonyl (C=O) groups is 4. The van der Waals surface area contributed by atoms with Crippen LogP contribution in [0.5, 0.6) is 0 Å². The summed E-state index contributed by atoms with van der Waals surface area (Å²) in [6.07, 6.45) is 0.853. The number of piperidine rings is 1. The summed E-state index contributed by atoms with van der Waals surface area (Å²) in [6.45, 7) is 7.56. The van der Waals surface area contributed by atoms with Gasteiger partial charge < -0.3 is 24.6 Å². The van der Waals surface area contributed by atoms with Crippen LogP contribution >= 0.6 is 0 Å². The Morgan fingerprint density at radius 3 is 2.33 bits per heavy atom. The van der Waals surface area contributed by atoms with E-state index < -0.39 is 23.3 Å². The second-order valence-electron chi connectivity index (χ2n) is 11.2. The number of nitrogens with zero attached hydrogens (tertiary/aromatic N) is 3. The Bertz CT molecular complexity index is 1290. The predicted molar refractivity (Wildman–Crippen MR) is 156 cm³/mol. The van der Waals surface area contributed by atoms with Crippen LogP contribution in [0.25, 0.3) is 0 Å². The van der Waals surface area contributed by atoms with Crippen molar-refractivity contribution in [3.8, 4) is 6.07 Å². The Balaban J connectivity index is 1.72. The minimum atomic E-state index is -0.927. The van der Waals surface area contributed by atoms with E-state index in [1.165, 1.54) is 0 Å². The van der Waals surface area contributed by atoms with E-state index in [0.717, 1.165) is 12.0 Å². The third-order valence-corrected chi connectivity index (χ3v) is 7.13. The van der Waals surface area contributed by atoms with Crippen molar-refractivity contribution in [2.24, 2.45) is 0 Å². The van der Waals surface area contributed by atoms with E-state index in [2.05, 4.69) is 16.7 Å². The summed E-state index contributed by atoms with van der Waals surface area (Å²) in [4.78, 5) is 53.2. The molecule has 0 aromatic heterocycles. The zero-order valence-corrected chi connectivity index (χ0v) is 24.6. The molecule has 11 heteroatoms. The summed E-state index contributed by atoms with van der Waals surface area (Å²) >= 11 is 0. The molecule has 224 valence electrons. The van der Waals surface area contributed by atoms with Crippen LogP contribution in [0.3, 0.4) is 0 Å². The van der Waals surface area contributed by atoms with E-state index >= 15 is 0 Å². The highest BCUT2D eigenvalue weighted by molar-refractivity contribution is 5.84. The number of rotatable bonds is 10. The molecule has 1 saturated heterocycles. The molecule has 1 fully saturated rings. The highest BCUT2D eigenvalue weighted by atomic mass is 16.6. The second-order valence-corrected chi connectivity index (χ2v) is 11.2. The van der Waals surface area contributed by atoms with E-state index in [9.17, 15) is 24.4 Å². The standard InChI is InChI=1S/C31H39N5O6/c1-5-23-10-12-26(13-11-23)34-29(40)41-21-31(36(22-37)20-25-9-7-6-8-24(25)18-32)14-16-35(17-15-31)27(38)19-33-28(39)42-30(2,3)4/h6-13,22H,5,14-17,19-21H2,1-4H3,(H,33,39)(H,34,40). The molecule has 0 aliphatic carbocycles. The van der Waals surface area contributed by atoms with Gasteiger partial charge in [-0.25, -0.2) is 9.59 Å². The molecule has 1 aliphatic rings. The molecule has 2 N–H and O–H groups in total. The molecule has 0 unspecified atom stereocenters. The molecule has 0 saturated carbocycles. The summed E-state index contributed by atoms with van der Waals surface area (Å²) in [5.41, 5.74) is 1.20. The molecule has 42 heavy (non-hydrogen) atoms.